The minimum Gasteiger partial charge on any atom is -0.351 e. The second-order valence-corrected chi connectivity index (χ2v) is 10.3. The highest BCUT2D eigenvalue weighted by molar-refractivity contribution is 7.88. The van der Waals surface area contributed by atoms with Crippen LogP contribution in [-0.2, 0) is 16.2 Å². The fourth-order valence-corrected chi connectivity index (χ4v) is 4.87. The van der Waals surface area contributed by atoms with E-state index in [1.54, 1.807) is 6.07 Å². The summed E-state index contributed by atoms with van der Waals surface area (Å²) in [6, 6.07) is 5.62. The maximum absolute atomic E-state index is 14.7. The first kappa shape index (κ1) is 25.5. The normalized spacial score (nSPS) is 15.6. The lowest BCUT2D eigenvalue weighted by Crippen LogP contribution is -2.42. The van der Waals surface area contributed by atoms with Crippen molar-refractivity contribution in [3.05, 3.63) is 53.4 Å². The van der Waals surface area contributed by atoms with Crippen molar-refractivity contribution in [2.24, 2.45) is 0 Å². The SMILES string of the molecule is Cc1nc(-c2nc(NC3CCN(S(C)(=O)=O)CC3)ncc2C(F)(F)F)cn1-c1cccc(C#N)c1F. The van der Waals surface area contributed by atoms with Gasteiger partial charge >= 0.3 is 6.18 Å². The lowest BCUT2D eigenvalue weighted by atomic mass is 10.1. The van der Waals surface area contributed by atoms with Gasteiger partial charge in [0.05, 0.1) is 17.5 Å². The first-order chi connectivity index (χ1) is 16.9. The van der Waals surface area contributed by atoms with Crippen molar-refractivity contribution in [3.63, 3.8) is 0 Å². The molecule has 0 atom stereocenters. The highest BCUT2D eigenvalue weighted by atomic mass is 32.2. The summed E-state index contributed by atoms with van der Waals surface area (Å²) in [5, 5.41) is 12.1. The number of hydrogen-bond acceptors (Lipinski definition) is 7. The average Bonchev–Trinajstić information content (AvgIpc) is 3.19. The molecule has 0 aliphatic carbocycles. The number of nitrogens with one attached hydrogen (secondary N) is 1. The van der Waals surface area contributed by atoms with Crippen LogP contribution in [0.4, 0.5) is 23.5 Å². The summed E-state index contributed by atoms with van der Waals surface area (Å²) in [6.07, 6.45) is -0.930. The van der Waals surface area contributed by atoms with Gasteiger partial charge in [-0.05, 0) is 31.9 Å². The molecule has 190 valence electrons. The molecule has 1 aliphatic heterocycles. The Labute approximate surface area is 204 Å². The van der Waals surface area contributed by atoms with E-state index in [2.05, 4.69) is 20.3 Å². The first-order valence-corrected chi connectivity index (χ1v) is 12.6. The predicted molar refractivity (Wildman–Crippen MR) is 122 cm³/mol. The van der Waals surface area contributed by atoms with Crippen molar-refractivity contribution in [1.82, 2.24) is 23.8 Å². The molecule has 0 unspecified atom stereocenters. The quantitative estimate of drug-likeness (QED) is 0.509. The fourth-order valence-electron chi connectivity index (χ4n) is 3.99. The molecular weight excluding hydrogens is 502 g/mol. The fraction of sp³-hybridized carbons (Fsp3) is 0.364. The van der Waals surface area contributed by atoms with E-state index in [-0.39, 0.29) is 47.8 Å². The van der Waals surface area contributed by atoms with Gasteiger partial charge in [0.15, 0.2) is 5.82 Å². The molecule has 1 fully saturated rings. The summed E-state index contributed by atoms with van der Waals surface area (Å²) in [7, 11) is -3.32. The monoisotopic (exact) mass is 523 g/mol. The van der Waals surface area contributed by atoms with Crippen LogP contribution >= 0.6 is 0 Å². The Morgan fingerprint density at radius 3 is 2.50 bits per heavy atom. The van der Waals surface area contributed by atoms with Gasteiger partial charge in [-0.3, -0.25) is 0 Å². The third-order valence-electron chi connectivity index (χ3n) is 5.83. The molecule has 3 aromatic rings. The molecular formula is C22H21F4N7O2S. The van der Waals surface area contributed by atoms with Crippen molar-refractivity contribution < 1.29 is 26.0 Å². The summed E-state index contributed by atoms with van der Waals surface area (Å²) >= 11 is 0. The van der Waals surface area contributed by atoms with E-state index in [1.165, 1.54) is 40.2 Å². The molecule has 1 saturated heterocycles. The van der Waals surface area contributed by atoms with Crippen LogP contribution < -0.4 is 5.32 Å². The number of alkyl halides is 3. The van der Waals surface area contributed by atoms with Gasteiger partial charge in [0.25, 0.3) is 0 Å². The van der Waals surface area contributed by atoms with E-state index in [0.29, 0.717) is 19.0 Å². The molecule has 0 bridgehead atoms. The van der Waals surface area contributed by atoms with Crippen molar-refractivity contribution in [3.8, 4) is 23.1 Å². The molecule has 0 radical (unpaired) electrons. The highest BCUT2D eigenvalue weighted by Gasteiger charge is 2.36. The number of piperidine rings is 1. The highest BCUT2D eigenvalue weighted by Crippen LogP contribution is 2.36. The average molecular weight is 524 g/mol. The van der Waals surface area contributed by atoms with Crippen LogP contribution in [0.25, 0.3) is 17.1 Å². The van der Waals surface area contributed by atoms with E-state index in [9.17, 15) is 26.0 Å². The molecule has 3 heterocycles. The minimum atomic E-state index is -4.78. The number of hydrogen-bond donors (Lipinski definition) is 1. The molecule has 9 nitrogen and oxygen atoms in total. The Balaban J connectivity index is 1.68. The van der Waals surface area contributed by atoms with Gasteiger partial charge in [0.2, 0.25) is 16.0 Å². The Hall–Kier alpha value is -3.57. The van der Waals surface area contributed by atoms with Gasteiger partial charge in [-0.2, -0.15) is 18.4 Å². The number of rotatable bonds is 5. The molecule has 0 spiro atoms. The number of imidazole rings is 1. The Morgan fingerprint density at radius 1 is 1.19 bits per heavy atom. The van der Waals surface area contributed by atoms with Crippen LogP contribution in [0.3, 0.4) is 0 Å². The van der Waals surface area contributed by atoms with Crippen LogP contribution in [0, 0.1) is 24.1 Å². The Bertz CT molecular complexity index is 1440. The number of halogens is 4. The van der Waals surface area contributed by atoms with Gasteiger partial charge in [-0.15, -0.1) is 0 Å². The molecule has 1 N–H and O–H groups in total. The molecule has 0 amide bonds. The van der Waals surface area contributed by atoms with Crippen LogP contribution in [0.15, 0.2) is 30.6 Å². The summed E-state index contributed by atoms with van der Waals surface area (Å²) < 4.78 is 82.0. The molecule has 36 heavy (non-hydrogen) atoms. The van der Waals surface area contributed by atoms with E-state index < -0.39 is 33.3 Å². The number of aromatic nitrogens is 4. The Kier molecular flexibility index (Phi) is 6.72. The summed E-state index contributed by atoms with van der Waals surface area (Å²) in [5.74, 6) is -0.706. The Morgan fingerprint density at radius 2 is 1.89 bits per heavy atom. The standard InChI is InChI=1S/C22H21F4N7O2S/c1-13-29-17(12-33(13)18-5-3-4-14(10-27)19(18)23)20-16(22(24,25)26)11-28-21(31-20)30-15-6-8-32(9-7-15)36(2,34)35/h3-5,11-12,15H,6-9H2,1-2H3,(H,28,30,31). The summed E-state index contributed by atoms with van der Waals surface area (Å²) in [4.78, 5) is 12.1. The van der Waals surface area contributed by atoms with Gasteiger partial charge in [-0.25, -0.2) is 32.1 Å². The van der Waals surface area contributed by atoms with Crippen molar-refractivity contribution >= 4 is 16.0 Å². The largest absolute Gasteiger partial charge is 0.420 e. The van der Waals surface area contributed by atoms with Crippen LogP contribution in [-0.4, -0.2) is 57.6 Å². The van der Waals surface area contributed by atoms with Gasteiger partial charge in [0.1, 0.15) is 28.8 Å². The second-order valence-electron chi connectivity index (χ2n) is 8.33. The van der Waals surface area contributed by atoms with Crippen molar-refractivity contribution in [2.45, 2.75) is 32.0 Å². The third-order valence-corrected chi connectivity index (χ3v) is 7.14. The molecule has 1 aromatic carbocycles. The lowest BCUT2D eigenvalue weighted by molar-refractivity contribution is -0.137. The topological polar surface area (TPSA) is 117 Å². The summed E-state index contributed by atoms with van der Waals surface area (Å²) in [6.45, 7) is 2.02. The molecule has 4 rings (SSSR count). The van der Waals surface area contributed by atoms with Crippen LogP contribution in [0.5, 0.6) is 0 Å². The summed E-state index contributed by atoms with van der Waals surface area (Å²) in [5.41, 5.74) is -2.01. The first-order valence-electron chi connectivity index (χ1n) is 10.8. The van der Waals surface area contributed by atoms with E-state index in [4.69, 9.17) is 5.26 Å². The lowest BCUT2D eigenvalue weighted by Gasteiger charge is -2.30. The van der Waals surface area contributed by atoms with Crippen LogP contribution in [0.2, 0.25) is 0 Å². The number of nitriles is 1. The number of aryl methyl sites for hydroxylation is 1. The van der Waals surface area contributed by atoms with E-state index in [1.807, 2.05) is 0 Å². The maximum atomic E-state index is 14.7. The molecule has 2 aromatic heterocycles. The zero-order valence-electron chi connectivity index (χ0n) is 19.2. The number of anilines is 1. The smallest absolute Gasteiger partial charge is 0.351 e. The van der Waals surface area contributed by atoms with Gasteiger partial charge in [-0.1, -0.05) is 6.07 Å². The zero-order valence-corrected chi connectivity index (χ0v) is 20.0. The number of sulfonamides is 1. The molecule has 14 heteroatoms. The minimum absolute atomic E-state index is 0.0381. The number of benzene rings is 1. The van der Waals surface area contributed by atoms with E-state index in [0.717, 1.165) is 6.26 Å². The predicted octanol–water partition coefficient (Wildman–Crippen LogP) is 3.50. The third kappa shape index (κ3) is 5.17. The van der Waals surface area contributed by atoms with Gasteiger partial charge < -0.3 is 9.88 Å². The van der Waals surface area contributed by atoms with Crippen molar-refractivity contribution in [1.29, 1.82) is 5.26 Å². The molecule has 1 aliphatic rings. The van der Waals surface area contributed by atoms with Gasteiger partial charge in [0, 0.05) is 31.5 Å². The van der Waals surface area contributed by atoms with Crippen molar-refractivity contribution in [2.75, 3.05) is 24.7 Å². The molecule has 0 saturated carbocycles. The zero-order chi connectivity index (χ0) is 26.3. The number of nitrogens with zero attached hydrogens (tertiary/aromatic N) is 6. The maximum Gasteiger partial charge on any atom is 0.420 e. The second kappa shape index (κ2) is 9.47. The van der Waals surface area contributed by atoms with E-state index >= 15 is 0 Å². The van der Waals surface area contributed by atoms with Crippen LogP contribution in [0.1, 0.15) is 29.8 Å².